The standard InChI is InChI=1S/C16H20N6OS/c1-3-4-9-24-16-20-15-19-10(2)12(14(17)23)13(22(15)21-16)11-7-5-6-8-18-11/h5-8,13H,3-4,9H2,1-2H3,(H2,17,23)(H,19,20,21)/t13-/m1/s1. The fourth-order valence-corrected chi connectivity index (χ4v) is 3.54. The lowest BCUT2D eigenvalue weighted by molar-refractivity contribution is -0.115. The van der Waals surface area contributed by atoms with Gasteiger partial charge < -0.3 is 11.1 Å². The quantitative estimate of drug-likeness (QED) is 0.616. The van der Waals surface area contributed by atoms with Crippen molar-refractivity contribution in [2.75, 3.05) is 11.1 Å². The largest absolute Gasteiger partial charge is 0.366 e. The van der Waals surface area contributed by atoms with Crippen LogP contribution in [0.5, 0.6) is 0 Å². The molecule has 0 bridgehead atoms. The van der Waals surface area contributed by atoms with E-state index >= 15 is 0 Å². The van der Waals surface area contributed by atoms with Crippen molar-refractivity contribution in [3.8, 4) is 0 Å². The molecule has 0 spiro atoms. The van der Waals surface area contributed by atoms with E-state index in [0.29, 0.717) is 28.1 Å². The van der Waals surface area contributed by atoms with Gasteiger partial charge in [-0.3, -0.25) is 9.78 Å². The summed E-state index contributed by atoms with van der Waals surface area (Å²) < 4.78 is 1.70. The molecule has 0 fully saturated rings. The summed E-state index contributed by atoms with van der Waals surface area (Å²) in [6.07, 6.45) is 3.93. The van der Waals surface area contributed by atoms with E-state index in [4.69, 9.17) is 5.73 Å². The van der Waals surface area contributed by atoms with E-state index < -0.39 is 11.9 Å². The van der Waals surface area contributed by atoms with Gasteiger partial charge in [-0.1, -0.05) is 31.2 Å². The molecule has 0 unspecified atom stereocenters. The van der Waals surface area contributed by atoms with E-state index in [2.05, 4.69) is 27.3 Å². The van der Waals surface area contributed by atoms with Gasteiger partial charge in [0.15, 0.2) is 0 Å². The smallest absolute Gasteiger partial charge is 0.248 e. The van der Waals surface area contributed by atoms with Crippen LogP contribution in [0, 0.1) is 0 Å². The van der Waals surface area contributed by atoms with Crippen LogP contribution in [0.4, 0.5) is 5.95 Å². The highest BCUT2D eigenvalue weighted by atomic mass is 32.2. The van der Waals surface area contributed by atoms with Crippen LogP contribution < -0.4 is 11.1 Å². The van der Waals surface area contributed by atoms with E-state index in [-0.39, 0.29) is 0 Å². The average Bonchev–Trinajstić information content (AvgIpc) is 2.96. The number of hydrogen-bond donors (Lipinski definition) is 2. The molecule has 7 nitrogen and oxygen atoms in total. The SMILES string of the molecule is CCCCSc1nc2n(n1)[C@H](c1ccccn1)C(C(N)=O)=C(C)N2. The van der Waals surface area contributed by atoms with Crippen LogP contribution in [0.1, 0.15) is 38.4 Å². The molecule has 1 aliphatic rings. The molecule has 0 aromatic carbocycles. The Morgan fingerprint density at radius 3 is 2.96 bits per heavy atom. The molecule has 0 radical (unpaired) electrons. The zero-order chi connectivity index (χ0) is 17.1. The molecule has 1 amide bonds. The minimum absolute atomic E-state index is 0.455. The van der Waals surface area contributed by atoms with E-state index in [9.17, 15) is 4.79 Å². The van der Waals surface area contributed by atoms with Crippen LogP contribution in [0.3, 0.4) is 0 Å². The number of unbranched alkanes of at least 4 members (excludes halogenated alkanes) is 1. The monoisotopic (exact) mass is 344 g/mol. The van der Waals surface area contributed by atoms with Crippen molar-refractivity contribution in [3.63, 3.8) is 0 Å². The lowest BCUT2D eigenvalue weighted by atomic mass is 9.99. The van der Waals surface area contributed by atoms with Gasteiger partial charge in [-0.25, -0.2) is 4.68 Å². The van der Waals surface area contributed by atoms with Gasteiger partial charge in [-0.15, -0.1) is 5.10 Å². The molecule has 3 N–H and O–H groups in total. The first-order chi connectivity index (χ1) is 11.6. The molecule has 1 aliphatic heterocycles. The number of thioether (sulfide) groups is 1. The fraction of sp³-hybridized carbons (Fsp3) is 0.375. The molecule has 2 aromatic heterocycles. The van der Waals surface area contributed by atoms with E-state index in [1.54, 1.807) is 22.6 Å². The van der Waals surface area contributed by atoms with Gasteiger partial charge in [-0.05, 0) is 25.5 Å². The Bertz CT molecular complexity index is 770. The van der Waals surface area contributed by atoms with Crippen LogP contribution in [0.15, 0.2) is 40.8 Å². The number of anilines is 1. The topological polar surface area (TPSA) is 98.7 Å². The van der Waals surface area contributed by atoms with Gasteiger partial charge in [0, 0.05) is 17.6 Å². The second-order valence-corrected chi connectivity index (χ2v) is 6.61. The van der Waals surface area contributed by atoms with Crippen molar-refractivity contribution >= 4 is 23.6 Å². The number of pyridine rings is 1. The molecule has 0 saturated heterocycles. The first-order valence-corrected chi connectivity index (χ1v) is 8.88. The number of fused-ring (bicyclic) bond motifs is 1. The summed E-state index contributed by atoms with van der Waals surface area (Å²) >= 11 is 1.61. The maximum Gasteiger partial charge on any atom is 0.248 e. The van der Waals surface area contributed by atoms with E-state index in [1.165, 1.54) is 0 Å². The minimum Gasteiger partial charge on any atom is -0.366 e. The maximum absolute atomic E-state index is 12.0. The van der Waals surface area contributed by atoms with Crippen molar-refractivity contribution in [3.05, 3.63) is 41.4 Å². The Morgan fingerprint density at radius 2 is 2.29 bits per heavy atom. The molecule has 8 heteroatoms. The number of nitrogens with zero attached hydrogens (tertiary/aromatic N) is 4. The highest BCUT2D eigenvalue weighted by Gasteiger charge is 2.33. The van der Waals surface area contributed by atoms with E-state index in [1.807, 2.05) is 25.1 Å². The van der Waals surface area contributed by atoms with Crippen LogP contribution in [0.25, 0.3) is 0 Å². The lowest BCUT2D eigenvalue weighted by Gasteiger charge is -2.26. The van der Waals surface area contributed by atoms with Gasteiger partial charge in [-0.2, -0.15) is 4.98 Å². The number of nitrogens with one attached hydrogen (secondary N) is 1. The number of rotatable bonds is 6. The van der Waals surface area contributed by atoms with Gasteiger partial charge in [0.2, 0.25) is 17.0 Å². The number of amides is 1. The summed E-state index contributed by atoms with van der Waals surface area (Å²) in [6.45, 7) is 3.97. The highest BCUT2D eigenvalue weighted by Crippen LogP contribution is 2.34. The number of allylic oxidation sites excluding steroid dienone is 1. The maximum atomic E-state index is 12.0. The third-order valence-electron chi connectivity index (χ3n) is 3.80. The predicted octanol–water partition coefficient (Wildman–Crippen LogP) is 2.34. The Hall–Kier alpha value is -2.35. The number of aromatic nitrogens is 4. The first-order valence-electron chi connectivity index (χ1n) is 7.89. The van der Waals surface area contributed by atoms with Gasteiger partial charge in [0.05, 0.1) is 11.3 Å². The zero-order valence-corrected chi connectivity index (χ0v) is 14.5. The third kappa shape index (κ3) is 3.14. The summed E-state index contributed by atoms with van der Waals surface area (Å²) in [4.78, 5) is 20.9. The fourth-order valence-electron chi connectivity index (χ4n) is 2.63. The van der Waals surface area contributed by atoms with Crippen molar-refractivity contribution < 1.29 is 4.79 Å². The lowest BCUT2D eigenvalue weighted by Crippen LogP contribution is -2.32. The normalized spacial score (nSPS) is 16.7. The van der Waals surface area contributed by atoms with Crippen molar-refractivity contribution in [1.29, 1.82) is 0 Å². The second-order valence-electron chi connectivity index (χ2n) is 5.55. The molecular weight excluding hydrogens is 324 g/mol. The molecule has 24 heavy (non-hydrogen) atoms. The molecule has 3 heterocycles. The molecule has 126 valence electrons. The average molecular weight is 344 g/mol. The molecular formula is C16H20N6OS. The highest BCUT2D eigenvalue weighted by molar-refractivity contribution is 7.99. The number of hydrogen-bond acceptors (Lipinski definition) is 6. The van der Waals surface area contributed by atoms with Crippen molar-refractivity contribution in [2.24, 2.45) is 5.73 Å². The predicted molar refractivity (Wildman–Crippen MR) is 93.5 cm³/mol. The summed E-state index contributed by atoms with van der Waals surface area (Å²) in [5.74, 6) is 1.08. The first kappa shape index (κ1) is 16.5. The Morgan fingerprint density at radius 1 is 1.46 bits per heavy atom. The molecule has 0 aliphatic carbocycles. The van der Waals surface area contributed by atoms with Gasteiger partial charge in [0.25, 0.3) is 0 Å². The number of carbonyl (C=O) groups is 1. The molecule has 1 atom stereocenters. The van der Waals surface area contributed by atoms with Crippen LogP contribution in [0.2, 0.25) is 0 Å². The Labute approximate surface area is 144 Å². The Balaban J connectivity index is 2.02. The van der Waals surface area contributed by atoms with Gasteiger partial charge >= 0.3 is 0 Å². The molecule has 2 aromatic rings. The molecule has 0 saturated carbocycles. The summed E-state index contributed by atoms with van der Waals surface area (Å²) in [6, 6.07) is 5.11. The minimum atomic E-state index is -0.489. The summed E-state index contributed by atoms with van der Waals surface area (Å²) in [5.41, 5.74) is 7.47. The third-order valence-corrected chi connectivity index (χ3v) is 4.72. The van der Waals surface area contributed by atoms with Gasteiger partial charge in [0.1, 0.15) is 6.04 Å². The number of primary amides is 1. The van der Waals surface area contributed by atoms with Crippen LogP contribution in [-0.2, 0) is 4.79 Å². The van der Waals surface area contributed by atoms with Crippen molar-refractivity contribution in [2.45, 2.75) is 37.9 Å². The second kappa shape index (κ2) is 7.04. The van der Waals surface area contributed by atoms with Crippen LogP contribution in [-0.4, -0.2) is 31.4 Å². The zero-order valence-electron chi connectivity index (χ0n) is 13.7. The van der Waals surface area contributed by atoms with E-state index in [0.717, 1.165) is 18.6 Å². The molecule has 3 rings (SSSR count). The number of nitrogens with two attached hydrogens (primary N) is 1. The summed E-state index contributed by atoms with van der Waals surface area (Å²) in [5, 5.41) is 8.39. The van der Waals surface area contributed by atoms with Crippen molar-refractivity contribution in [1.82, 2.24) is 19.7 Å². The summed E-state index contributed by atoms with van der Waals surface area (Å²) in [7, 11) is 0. The number of carbonyl (C=O) groups excluding carboxylic acids is 1. The van der Waals surface area contributed by atoms with Crippen LogP contribution >= 0.6 is 11.8 Å². The Kier molecular flexibility index (Phi) is 4.84.